The predicted molar refractivity (Wildman–Crippen MR) is 62.2 cm³/mol. The number of benzene rings is 1. The summed E-state index contributed by atoms with van der Waals surface area (Å²) in [5.41, 5.74) is -1.35. The van der Waals surface area contributed by atoms with Crippen molar-refractivity contribution in [2.45, 2.75) is 18.7 Å². The number of hydrogen-bond acceptors (Lipinski definition) is 3. The van der Waals surface area contributed by atoms with Crippen molar-refractivity contribution in [1.82, 2.24) is 4.98 Å². The quantitative estimate of drug-likeness (QED) is 0.858. The zero-order valence-electron chi connectivity index (χ0n) is 9.70. The molecule has 2 aromatic rings. The molecule has 0 spiro atoms. The zero-order valence-corrected chi connectivity index (χ0v) is 10.5. The van der Waals surface area contributed by atoms with Crippen LogP contribution in [0.3, 0.4) is 0 Å². The topological polar surface area (TPSA) is 33.1 Å². The van der Waals surface area contributed by atoms with E-state index in [4.69, 9.17) is 0 Å². The summed E-state index contributed by atoms with van der Waals surface area (Å²) in [6.07, 6.45) is -3.56. The second kappa shape index (κ2) is 4.57. The van der Waals surface area contributed by atoms with Gasteiger partial charge in [0.15, 0.2) is 5.01 Å². The van der Waals surface area contributed by atoms with Gasteiger partial charge in [0.2, 0.25) is 0 Å². The minimum Gasteiger partial charge on any atom is -0.380 e. The third-order valence-corrected chi connectivity index (χ3v) is 3.89. The van der Waals surface area contributed by atoms with Crippen LogP contribution in [0.4, 0.5) is 17.6 Å². The Kier molecular flexibility index (Phi) is 3.36. The van der Waals surface area contributed by atoms with E-state index in [-0.39, 0.29) is 4.88 Å². The van der Waals surface area contributed by atoms with Gasteiger partial charge < -0.3 is 5.11 Å². The molecule has 19 heavy (non-hydrogen) atoms. The number of thiazole rings is 1. The van der Waals surface area contributed by atoms with Crippen molar-refractivity contribution in [2.75, 3.05) is 0 Å². The lowest BCUT2D eigenvalue weighted by molar-refractivity contribution is -0.137. The van der Waals surface area contributed by atoms with Gasteiger partial charge in [0.05, 0.1) is 4.88 Å². The van der Waals surface area contributed by atoms with E-state index in [0.717, 1.165) is 18.3 Å². The van der Waals surface area contributed by atoms with Crippen LogP contribution in [-0.4, -0.2) is 10.1 Å². The second-order valence-electron chi connectivity index (χ2n) is 4.11. The molecule has 0 aliphatic rings. The van der Waals surface area contributed by atoms with Crippen LogP contribution in [0.25, 0.3) is 0 Å². The maximum Gasteiger partial charge on any atom is 0.443 e. The molecular weight excluding hydrogens is 282 g/mol. The first-order valence-corrected chi connectivity index (χ1v) is 6.05. The average molecular weight is 291 g/mol. The lowest BCUT2D eigenvalue weighted by atomic mass is 9.95. The average Bonchev–Trinajstić information content (AvgIpc) is 2.79. The Morgan fingerprint density at radius 1 is 1.16 bits per heavy atom. The molecule has 7 heteroatoms. The van der Waals surface area contributed by atoms with Crippen LogP contribution in [-0.2, 0) is 11.8 Å². The fourth-order valence-electron chi connectivity index (χ4n) is 1.55. The third kappa shape index (κ3) is 2.76. The van der Waals surface area contributed by atoms with E-state index in [2.05, 4.69) is 4.98 Å². The van der Waals surface area contributed by atoms with Gasteiger partial charge in [-0.15, -0.1) is 11.3 Å². The lowest BCUT2D eigenvalue weighted by Gasteiger charge is -2.21. The Morgan fingerprint density at radius 2 is 1.74 bits per heavy atom. The van der Waals surface area contributed by atoms with Crippen LogP contribution in [0, 0.1) is 5.82 Å². The fourth-order valence-corrected chi connectivity index (χ4v) is 2.40. The monoisotopic (exact) mass is 291 g/mol. The molecule has 1 heterocycles. The highest BCUT2D eigenvalue weighted by Crippen LogP contribution is 2.38. The smallest absolute Gasteiger partial charge is 0.380 e. The number of rotatable bonds is 2. The molecule has 1 N–H and O–H groups in total. The first kappa shape index (κ1) is 14.0. The number of aliphatic hydroxyl groups is 1. The first-order valence-electron chi connectivity index (χ1n) is 5.23. The molecule has 0 radical (unpaired) electrons. The highest BCUT2D eigenvalue weighted by molar-refractivity contribution is 7.11. The first-order chi connectivity index (χ1) is 8.71. The molecule has 0 saturated heterocycles. The number of aromatic nitrogens is 1. The van der Waals surface area contributed by atoms with Crippen molar-refractivity contribution < 1.29 is 22.7 Å². The Labute approximate surface area is 110 Å². The minimum absolute atomic E-state index is 0.0476. The fraction of sp³-hybridized carbons (Fsp3) is 0.250. The Hall–Kier alpha value is -1.47. The number of alkyl halides is 3. The summed E-state index contributed by atoms with van der Waals surface area (Å²) in [6, 6.07) is 4.91. The Morgan fingerprint density at radius 3 is 2.21 bits per heavy atom. The lowest BCUT2D eigenvalue weighted by Crippen LogP contribution is -2.21. The largest absolute Gasteiger partial charge is 0.443 e. The van der Waals surface area contributed by atoms with Gasteiger partial charge in [0.25, 0.3) is 0 Å². The summed E-state index contributed by atoms with van der Waals surface area (Å²) < 4.78 is 50.2. The van der Waals surface area contributed by atoms with Gasteiger partial charge in [0.1, 0.15) is 11.4 Å². The van der Waals surface area contributed by atoms with Crippen LogP contribution < -0.4 is 0 Å². The van der Waals surface area contributed by atoms with E-state index >= 15 is 0 Å². The van der Waals surface area contributed by atoms with Crippen molar-refractivity contribution in [2.24, 2.45) is 0 Å². The van der Waals surface area contributed by atoms with Crippen LogP contribution in [0.1, 0.15) is 22.4 Å². The van der Waals surface area contributed by atoms with Gasteiger partial charge in [-0.1, -0.05) is 12.1 Å². The molecule has 0 fully saturated rings. The standard InChI is InChI=1S/C12H9F4NOS/c1-11(18,7-2-4-8(13)5-3-7)9-6-17-10(19-9)12(14,15)16/h2-6,18H,1H3. The van der Waals surface area contributed by atoms with Crippen LogP contribution in [0.2, 0.25) is 0 Å². The van der Waals surface area contributed by atoms with Gasteiger partial charge in [0, 0.05) is 6.20 Å². The highest BCUT2D eigenvalue weighted by Gasteiger charge is 2.37. The third-order valence-electron chi connectivity index (χ3n) is 2.63. The summed E-state index contributed by atoms with van der Waals surface area (Å²) in [5, 5.41) is 9.28. The predicted octanol–water partition coefficient (Wildman–Crippen LogP) is 3.56. The van der Waals surface area contributed by atoms with Crippen molar-refractivity contribution in [3.05, 3.63) is 51.7 Å². The molecule has 0 amide bonds. The van der Waals surface area contributed by atoms with Crippen molar-refractivity contribution in [3.63, 3.8) is 0 Å². The minimum atomic E-state index is -4.54. The summed E-state index contributed by atoms with van der Waals surface area (Å²) in [7, 11) is 0. The van der Waals surface area contributed by atoms with Crippen LogP contribution >= 0.6 is 11.3 Å². The molecule has 2 rings (SSSR count). The van der Waals surface area contributed by atoms with Gasteiger partial charge >= 0.3 is 6.18 Å². The van der Waals surface area contributed by atoms with Crippen molar-refractivity contribution in [3.8, 4) is 0 Å². The molecular formula is C12H9F4NOS. The van der Waals surface area contributed by atoms with Crippen LogP contribution in [0.5, 0.6) is 0 Å². The summed E-state index contributed by atoms with van der Waals surface area (Å²) in [5.74, 6) is -0.486. The van der Waals surface area contributed by atoms with Crippen LogP contribution in [0.15, 0.2) is 30.5 Å². The SMILES string of the molecule is CC(O)(c1ccc(F)cc1)c1cnc(C(F)(F)F)s1. The van der Waals surface area contributed by atoms with Gasteiger partial charge in [-0.3, -0.25) is 0 Å². The molecule has 2 nitrogen and oxygen atoms in total. The van der Waals surface area contributed by atoms with Crippen molar-refractivity contribution in [1.29, 1.82) is 0 Å². The summed E-state index contributed by atoms with van der Waals surface area (Å²) >= 11 is 0.366. The Bertz CT molecular complexity index is 574. The van der Waals surface area contributed by atoms with Gasteiger partial charge in [-0.2, -0.15) is 13.2 Å². The molecule has 0 saturated carbocycles. The zero-order chi connectivity index (χ0) is 14.3. The highest BCUT2D eigenvalue weighted by atomic mass is 32.1. The maximum absolute atomic E-state index is 12.8. The van der Waals surface area contributed by atoms with E-state index in [1.54, 1.807) is 0 Å². The van der Waals surface area contributed by atoms with E-state index < -0.39 is 22.6 Å². The normalized spacial score (nSPS) is 15.3. The molecule has 1 aromatic carbocycles. The summed E-state index contributed by atoms with van der Waals surface area (Å²) in [6.45, 7) is 1.34. The number of hydrogen-bond donors (Lipinski definition) is 1. The van der Waals surface area contributed by atoms with E-state index in [9.17, 15) is 22.7 Å². The van der Waals surface area contributed by atoms with Gasteiger partial charge in [-0.05, 0) is 24.6 Å². The molecule has 1 atom stereocenters. The molecule has 0 bridgehead atoms. The molecule has 0 aliphatic carbocycles. The maximum atomic E-state index is 12.8. The molecule has 1 aromatic heterocycles. The van der Waals surface area contributed by atoms with Crippen molar-refractivity contribution >= 4 is 11.3 Å². The molecule has 0 aliphatic heterocycles. The molecule has 1 unspecified atom stereocenters. The number of nitrogens with zero attached hydrogens (tertiary/aromatic N) is 1. The second-order valence-corrected chi connectivity index (χ2v) is 5.14. The molecule has 102 valence electrons. The van der Waals surface area contributed by atoms with E-state index in [1.807, 2.05) is 0 Å². The number of halogens is 4. The van der Waals surface area contributed by atoms with Gasteiger partial charge in [-0.25, -0.2) is 9.37 Å². The Balaban J connectivity index is 2.39. The van der Waals surface area contributed by atoms with E-state index in [0.29, 0.717) is 16.9 Å². The summed E-state index contributed by atoms with van der Waals surface area (Å²) in [4.78, 5) is 3.30. The van der Waals surface area contributed by atoms with E-state index in [1.165, 1.54) is 19.1 Å².